The molecule has 1 aromatic carbocycles. The molecule has 3 rings (SSSR count). The Morgan fingerprint density at radius 3 is 2.67 bits per heavy atom. The van der Waals surface area contributed by atoms with Crippen LogP contribution < -0.4 is 5.32 Å². The minimum atomic E-state index is -4.25. The second-order valence-electron chi connectivity index (χ2n) is 6.70. The van der Waals surface area contributed by atoms with Gasteiger partial charge in [-0.25, -0.2) is 9.78 Å². The Bertz CT molecular complexity index is 977. The Kier molecular flexibility index (Phi) is 7.38. The van der Waals surface area contributed by atoms with Crippen LogP contribution in [0.2, 0.25) is 10.0 Å². The first kappa shape index (κ1) is 23.0. The summed E-state index contributed by atoms with van der Waals surface area (Å²) in [6, 6.07) is 4.62. The molecule has 0 radical (unpaired) electrons. The van der Waals surface area contributed by atoms with Gasteiger partial charge < -0.3 is 24.7 Å². The van der Waals surface area contributed by atoms with E-state index in [1.165, 1.54) is 10.3 Å². The van der Waals surface area contributed by atoms with Crippen molar-refractivity contribution in [2.24, 2.45) is 0 Å². The van der Waals surface area contributed by atoms with E-state index in [-0.39, 0.29) is 29.9 Å². The lowest BCUT2D eigenvalue weighted by molar-refractivity contribution is 0.0921. The van der Waals surface area contributed by atoms with Crippen molar-refractivity contribution < 1.29 is 28.7 Å². The van der Waals surface area contributed by atoms with Crippen molar-refractivity contribution >= 4 is 54.1 Å². The van der Waals surface area contributed by atoms with E-state index in [0.29, 0.717) is 28.6 Å². The van der Waals surface area contributed by atoms with E-state index in [4.69, 9.17) is 37.7 Å². The van der Waals surface area contributed by atoms with Crippen LogP contribution in [0.1, 0.15) is 27.5 Å². The smallest absolute Gasteiger partial charge is 0.410 e. The van der Waals surface area contributed by atoms with Gasteiger partial charge in [0.1, 0.15) is 6.61 Å². The van der Waals surface area contributed by atoms with E-state index < -0.39 is 25.8 Å². The van der Waals surface area contributed by atoms with Gasteiger partial charge in [0.15, 0.2) is 5.01 Å². The van der Waals surface area contributed by atoms with E-state index in [1.807, 2.05) is 0 Å². The van der Waals surface area contributed by atoms with E-state index in [2.05, 4.69) is 10.3 Å². The zero-order valence-corrected chi connectivity index (χ0v) is 18.7. The van der Waals surface area contributed by atoms with Gasteiger partial charge in [-0.05, 0) is 30.2 Å². The summed E-state index contributed by atoms with van der Waals surface area (Å²) in [6.45, 7) is 0.719. The highest BCUT2D eigenvalue weighted by Gasteiger charge is 2.29. The van der Waals surface area contributed by atoms with Crippen LogP contribution in [0, 0.1) is 0 Å². The molecule has 9 nitrogen and oxygen atoms in total. The summed E-state index contributed by atoms with van der Waals surface area (Å²) < 4.78 is 16.3. The Morgan fingerprint density at radius 2 is 2.00 bits per heavy atom. The molecular weight excluding hydrogens is 476 g/mol. The SMILES string of the molecule is O=C(NC1CCN(C(=O)OCc2cc(Cl)cc(Cl)c2)C1)c1nc(CP(=O)(O)O)cs1. The molecule has 13 heteroatoms. The molecule has 1 unspecified atom stereocenters. The van der Waals surface area contributed by atoms with Crippen LogP contribution in [-0.4, -0.2) is 50.8 Å². The van der Waals surface area contributed by atoms with E-state index in [1.54, 1.807) is 18.2 Å². The van der Waals surface area contributed by atoms with E-state index >= 15 is 0 Å². The van der Waals surface area contributed by atoms with Gasteiger partial charge in [-0.15, -0.1) is 11.3 Å². The molecule has 1 aromatic heterocycles. The van der Waals surface area contributed by atoms with Gasteiger partial charge in [0.2, 0.25) is 0 Å². The number of carbonyl (C=O) groups excluding carboxylic acids is 2. The standard InChI is InChI=1S/C17H18Cl2N3O6PS/c18-11-3-10(4-12(19)5-11)7-28-17(24)22-2-1-13(6-22)20-15(23)16-21-14(9-30-16)8-29(25,26)27/h3-5,9,13H,1-2,6-8H2,(H,20,23)(H2,25,26,27). The van der Waals surface area contributed by atoms with Crippen LogP contribution in [-0.2, 0) is 22.1 Å². The number of likely N-dealkylation sites (tertiary alicyclic amines) is 1. The van der Waals surface area contributed by atoms with Gasteiger partial charge in [-0.2, -0.15) is 0 Å². The molecule has 1 aliphatic rings. The molecular formula is C17H18Cl2N3O6PS. The quantitative estimate of drug-likeness (QED) is 0.526. The predicted molar refractivity (Wildman–Crippen MR) is 112 cm³/mol. The summed E-state index contributed by atoms with van der Waals surface area (Å²) in [4.78, 5) is 48.0. The highest BCUT2D eigenvalue weighted by molar-refractivity contribution is 7.50. The predicted octanol–water partition coefficient (Wildman–Crippen LogP) is 3.27. The maximum absolute atomic E-state index is 12.3. The number of rotatable bonds is 6. The molecule has 1 saturated heterocycles. The fourth-order valence-electron chi connectivity index (χ4n) is 2.92. The topological polar surface area (TPSA) is 129 Å². The molecule has 1 aliphatic heterocycles. The molecule has 0 saturated carbocycles. The Labute approximate surface area is 186 Å². The summed E-state index contributed by atoms with van der Waals surface area (Å²) in [5, 5.41) is 5.22. The Morgan fingerprint density at radius 1 is 1.30 bits per heavy atom. The first-order valence-electron chi connectivity index (χ1n) is 8.75. The Hall–Kier alpha value is -1.68. The van der Waals surface area contributed by atoms with E-state index in [0.717, 1.165) is 11.3 Å². The number of carbonyl (C=O) groups is 2. The van der Waals surface area contributed by atoms with Gasteiger partial charge in [0, 0.05) is 34.6 Å². The van der Waals surface area contributed by atoms with Gasteiger partial charge in [0.25, 0.3) is 5.91 Å². The molecule has 162 valence electrons. The third-order valence-electron chi connectivity index (χ3n) is 4.18. The van der Waals surface area contributed by atoms with E-state index in [9.17, 15) is 14.2 Å². The third-order valence-corrected chi connectivity index (χ3v) is 6.24. The molecule has 0 spiro atoms. The van der Waals surface area contributed by atoms with Gasteiger partial charge in [-0.1, -0.05) is 23.2 Å². The average molecular weight is 494 g/mol. The number of halogens is 2. The first-order chi connectivity index (χ1) is 14.1. The minimum absolute atomic E-state index is 0.0219. The molecule has 2 amide bonds. The second kappa shape index (κ2) is 9.64. The van der Waals surface area contributed by atoms with Crippen LogP contribution in [0.15, 0.2) is 23.6 Å². The number of hydrogen-bond acceptors (Lipinski definition) is 6. The van der Waals surface area contributed by atoms with Crippen LogP contribution in [0.5, 0.6) is 0 Å². The summed E-state index contributed by atoms with van der Waals surface area (Å²) in [6.07, 6.45) is -0.483. The lowest BCUT2D eigenvalue weighted by Crippen LogP contribution is -2.38. The van der Waals surface area contributed by atoms with Crippen molar-refractivity contribution in [3.8, 4) is 0 Å². The van der Waals surface area contributed by atoms with Crippen LogP contribution >= 0.6 is 42.1 Å². The Balaban J connectivity index is 1.48. The summed E-state index contributed by atoms with van der Waals surface area (Å²) >= 11 is 12.9. The lowest BCUT2D eigenvalue weighted by Gasteiger charge is -2.17. The normalized spacial score (nSPS) is 16.5. The largest absolute Gasteiger partial charge is 0.445 e. The number of aromatic nitrogens is 1. The maximum Gasteiger partial charge on any atom is 0.410 e. The number of hydrogen-bond donors (Lipinski definition) is 3. The fourth-order valence-corrected chi connectivity index (χ4v) is 4.92. The summed E-state index contributed by atoms with van der Waals surface area (Å²) in [7, 11) is -4.25. The summed E-state index contributed by atoms with van der Waals surface area (Å²) in [5.74, 6) is -0.453. The van der Waals surface area contributed by atoms with Crippen molar-refractivity contribution in [1.29, 1.82) is 0 Å². The highest BCUT2D eigenvalue weighted by atomic mass is 35.5. The lowest BCUT2D eigenvalue weighted by atomic mass is 10.2. The summed E-state index contributed by atoms with van der Waals surface area (Å²) in [5.41, 5.74) is 0.830. The minimum Gasteiger partial charge on any atom is -0.445 e. The fraction of sp³-hybridized carbons (Fsp3) is 0.353. The zero-order chi connectivity index (χ0) is 21.9. The van der Waals surface area contributed by atoms with Gasteiger partial charge >= 0.3 is 13.7 Å². The average Bonchev–Trinajstić information content (AvgIpc) is 3.27. The van der Waals surface area contributed by atoms with Crippen LogP contribution in [0.25, 0.3) is 0 Å². The zero-order valence-electron chi connectivity index (χ0n) is 15.5. The van der Waals surface area contributed by atoms with Crippen molar-refractivity contribution in [2.75, 3.05) is 13.1 Å². The molecule has 0 bridgehead atoms. The number of nitrogens with zero attached hydrogens (tertiary/aromatic N) is 2. The number of nitrogens with one attached hydrogen (secondary N) is 1. The molecule has 3 N–H and O–H groups in total. The number of thiazole rings is 1. The molecule has 1 fully saturated rings. The molecule has 30 heavy (non-hydrogen) atoms. The van der Waals surface area contributed by atoms with Crippen LogP contribution in [0.4, 0.5) is 4.79 Å². The van der Waals surface area contributed by atoms with Gasteiger partial charge in [0.05, 0.1) is 11.9 Å². The maximum atomic E-state index is 12.3. The highest BCUT2D eigenvalue weighted by Crippen LogP contribution is 2.39. The van der Waals surface area contributed by atoms with Crippen LogP contribution in [0.3, 0.4) is 0 Å². The second-order valence-corrected chi connectivity index (χ2v) is 10.1. The number of amides is 2. The molecule has 1 atom stereocenters. The van der Waals surface area contributed by atoms with Gasteiger partial charge in [-0.3, -0.25) is 9.36 Å². The van der Waals surface area contributed by atoms with Crippen molar-refractivity contribution in [3.05, 3.63) is 49.9 Å². The van der Waals surface area contributed by atoms with Crippen molar-refractivity contribution in [3.63, 3.8) is 0 Å². The number of ether oxygens (including phenoxy) is 1. The molecule has 2 aromatic rings. The number of benzene rings is 1. The third kappa shape index (κ3) is 6.66. The molecule has 2 heterocycles. The van der Waals surface area contributed by atoms with Crippen molar-refractivity contribution in [1.82, 2.24) is 15.2 Å². The first-order valence-corrected chi connectivity index (χ1v) is 12.2. The molecule has 0 aliphatic carbocycles. The monoisotopic (exact) mass is 493 g/mol. The van der Waals surface area contributed by atoms with Crippen molar-refractivity contribution in [2.45, 2.75) is 25.2 Å².